The number of rotatable bonds is 7. The summed E-state index contributed by atoms with van der Waals surface area (Å²) in [6, 6.07) is 9.36. The molecular weight excluding hydrogens is 384 g/mol. The molecule has 7 nitrogen and oxygen atoms in total. The number of halogens is 1. The fraction of sp³-hybridized carbons (Fsp3) is 0.333. The van der Waals surface area contributed by atoms with Crippen LogP contribution in [0, 0.1) is 0 Å². The van der Waals surface area contributed by atoms with Crippen molar-refractivity contribution < 1.29 is 4.79 Å². The Morgan fingerprint density at radius 3 is 2.96 bits per heavy atom. The van der Waals surface area contributed by atoms with Crippen molar-refractivity contribution >= 4 is 35.1 Å². The summed E-state index contributed by atoms with van der Waals surface area (Å²) in [5.41, 5.74) is 1.02. The predicted molar refractivity (Wildman–Crippen MR) is 105 cm³/mol. The number of hydrogen-bond acceptors (Lipinski definition) is 5. The molecule has 2 aromatic heterocycles. The topological polar surface area (TPSA) is 77.6 Å². The molecule has 1 aromatic carbocycles. The van der Waals surface area contributed by atoms with Gasteiger partial charge in [0.2, 0.25) is 5.91 Å². The summed E-state index contributed by atoms with van der Waals surface area (Å²) >= 11 is 7.42. The maximum absolute atomic E-state index is 12.4. The molecule has 0 radical (unpaired) electrons. The van der Waals surface area contributed by atoms with Crippen molar-refractivity contribution in [2.45, 2.75) is 30.5 Å². The van der Waals surface area contributed by atoms with Gasteiger partial charge in [0, 0.05) is 24.1 Å². The number of aromatic nitrogens is 5. The maximum Gasteiger partial charge on any atom is 0.235 e. The monoisotopic (exact) mass is 402 g/mol. The van der Waals surface area contributed by atoms with E-state index < -0.39 is 0 Å². The third-order valence-corrected chi connectivity index (χ3v) is 5.60. The van der Waals surface area contributed by atoms with Crippen molar-refractivity contribution in [3.05, 3.63) is 52.9 Å². The number of carbonyl (C=O) groups excluding carboxylic acids is 1. The maximum atomic E-state index is 12.4. The van der Waals surface area contributed by atoms with Crippen molar-refractivity contribution in [2.75, 3.05) is 11.1 Å². The molecule has 1 N–H and O–H groups in total. The van der Waals surface area contributed by atoms with E-state index in [-0.39, 0.29) is 11.7 Å². The molecule has 1 fully saturated rings. The first-order valence-corrected chi connectivity index (χ1v) is 10.0. The van der Waals surface area contributed by atoms with Crippen molar-refractivity contribution in [3.8, 4) is 0 Å². The lowest BCUT2D eigenvalue weighted by Crippen LogP contribution is -2.18. The van der Waals surface area contributed by atoms with Crippen LogP contribution in [0.15, 0.2) is 41.7 Å². The van der Waals surface area contributed by atoms with Gasteiger partial charge in [0.25, 0.3) is 0 Å². The number of anilines is 1. The first kappa shape index (κ1) is 18.1. The van der Waals surface area contributed by atoms with Gasteiger partial charge in [-0.3, -0.25) is 4.79 Å². The Balaban J connectivity index is 1.35. The zero-order chi connectivity index (χ0) is 18.8. The Kier molecular flexibility index (Phi) is 5.18. The van der Waals surface area contributed by atoms with Gasteiger partial charge in [0.1, 0.15) is 11.6 Å². The Labute approximate surface area is 166 Å². The molecule has 2 heterocycles. The number of nitrogens with one attached hydrogen (secondary N) is 1. The van der Waals surface area contributed by atoms with E-state index in [9.17, 15) is 4.79 Å². The molecule has 0 aliphatic heterocycles. The predicted octanol–water partition coefficient (Wildman–Crippen LogP) is 3.32. The second kappa shape index (κ2) is 7.74. The van der Waals surface area contributed by atoms with Gasteiger partial charge in [0.05, 0.1) is 18.5 Å². The van der Waals surface area contributed by atoms with Crippen LogP contribution in [0.3, 0.4) is 0 Å². The summed E-state index contributed by atoms with van der Waals surface area (Å²) in [7, 11) is 1.95. The van der Waals surface area contributed by atoms with E-state index in [0.29, 0.717) is 23.3 Å². The van der Waals surface area contributed by atoms with Crippen LogP contribution in [-0.2, 0) is 18.4 Å². The molecule has 1 aliphatic rings. The molecule has 0 saturated heterocycles. The minimum absolute atomic E-state index is 0.108. The van der Waals surface area contributed by atoms with Crippen molar-refractivity contribution in [3.63, 3.8) is 0 Å². The van der Waals surface area contributed by atoms with E-state index in [1.165, 1.54) is 24.6 Å². The number of thioether (sulfide) groups is 1. The van der Waals surface area contributed by atoms with Crippen LogP contribution in [-0.4, -0.2) is 36.2 Å². The van der Waals surface area contributed by atoms with Crippen LogP contribution in [0.4, 0.5) is 5.82 Å². The lowest BCUT2D eigenvalue weighted by Gasteiger charge is -2.09. The second-order valence-corrected chi connectivity index (χ2v) is 7.89. The average molecular weight is 403 g/mol. The van der Waals surface area contributed by atoms with Crippen molar-refractivity contribution in [2.24, 2.45) is 7.05 Å². The minimum atomic E-state index is -0.108. The zero-order valence-electron chi connectivity index (χ0n) is 14.8. The average Bonchev–Trinajstić information content (AvgIpc) is 3.29. The standard InChI is InChI=1S/C18H19ClN6OS/c1-24-17(13-5-6-13)22-23-18(24)27-11-16(26)21-15-7-8-20-25(15)10-12-3-2-4-14(19)9-12/h2-4,7-9,13H,5-6,10-11H2,1H3,(H,21,26). The van der Waals surface area contributed by atoms with Crippen LogP contribution in [0.25, 0.3) is 0 Å². The number of nitrogens with zero attached hydrogens (tertiary/aromatic N) is 5. The molecule has 0 bridgehead atoms. The molecule has 27 heavy (non-hydrogen) atoms. The van der Waals surface area contributed by atoms with E-state index in [2.05, 4.69) is 20.6 Å². The Morgan fingerprint density at radius 1 is 1.33 bits per heavy atom. The second-order valence-electron chi connectivity index (χ2n) is 6.51. The summed E-state index contributed by atoms with van der Waals surface area (Å²) in [6.07, 6.45) is 4.01. The number of carbonyl (C=O) groups is 1. The fourth-order valence-corrected chi connectivity index (χ4v) is 3.76. The minimum Gasteiger partial charge on any atom is -0.310 e. The molecule has 140 valence electrons. The Bertz CT molecular complexity index is 964. The molecule has 0 unspecified atom stereocenters. The molecule has 1 saturated carbocycles. The SMILES string of the molecule is Cn1c(SCC(=O)Nc2ccnn2Cc2cccc(Cl)c2)nnc1C1CC1. The van der Waals surface area contributed by atoms with Crippen LogP contribution in [0.2, 0.25) is 5.02 Å². The van der Waals surface area contributed by atoms with Gasteiger partial charge < -0.3 is 9.88 Å². The Morgan fingerprint density at radius 2 is 2.19 bits per heavy atom. The number of amides is 1. The van der Waals surface area contributed by atoms with E-state index >= 15 is 0 Å². The third-order valence-electron chi connectivity index (χ3n) is 4.35. The van der Waals surface area contributed by atoms with E-state index in [1.54, 1.807) is 16.9 Å². The molecule has 1 amide bonds. The number of benzene rings is 1. The van der Waals surface area contributed by atoms with E-state index in [0.717, 1.165) is 16.5 Å². The van der Waals surface area contributed by atoms with Gasteiger partial charge in [-0.05, 0) is 30.5 Å². The first-order valence-electron chi connectivity index (χ1n) is 8.68. The van der Waals surface area contributed by atoms with Gasteiger partial charge in [-0.25, -0.2) is 4.68 Å². The normalized spacial score (nSPS) is 13.7. The number of hydrogen-bond donors (Lipinski definition) is 1. The summed E-state index contributed by atoms with van der Waals surface area (Å²) in [4.78, 5) is 12.4. The van der Waals surface area contributed by atoms with Crippen molar-refractivity contribution in [1.29, 1.82) is 0 Å². The van der Waals surface area contributed by atoms with Crippen LogP contribution in [0.5, 0.6) is 0 Å². The highest BCUT2D eigenvalue weighted by Gasteiger charge is 2.29. The highest BCUT2D eigenvalue weighted by Crippen LogP contribution is 2.39. The van der Waals surface area contributed by atoms with Crippen LogP contribution < -0.4 is 5.32 Å². The van der Waals surface area contributed by atoms with Crippen LogP contribution >= 0.6 is 23.4 Å². The van der Waals surface area contributed by atoms with Gasteiger partial charge in [-0.15, -0.1) is 10.2 Å². The molecule has 3 aromatic rings. The summed E-state index contributed by atoms with van der Waals surface area (Å²) in [5, 5.41) is 17.1. The molecule has 4 rings (SSSR count). The lowest BCUT2D eigenvalue weighted by atomic mass is 10.2. The quantitative estimate of drug-likeness (QED) is 0.613. The summed E-state index contributed by atoms with van der Waals surface area (Å²) in [6.45, 7) is 0.532. The highest BCUT2D eigenvalue weighted by molar-refractivity contribution is 7.99. The van der Waals surface area contributed by atoms with Crippen molar-refractivity contribution in [1.82, 2.24) is 24.5 Å². The summed E-state index contributed by atoms with van der Waals surface area (Å²) < 4.78 is 3.72. The van der Waals surface area contributed by atoms with Gasteiger partial charge >= 0.3 is 0 Å². The molecular formula is C18H19ClN6OS. The molecule has 0 spiro atoms. The van der Waals surface area contributed by atoms with Gasteiger partial charge in [-0.1, -0.05) is 35.5 Å². The fourth-order valence-electron chi connectivity index (χ4n) is 2.83. The Hall–Kier alpha value is -2.32. The first-order chi connectivity index (χ1) is 13.1. The van der Waals surface area contributed by atoms with E-state index in [4.69, 9.17) is 11.6 Å². The smallest absolute Gasteiger partial charge is 0.235 e. The zero-order valence-corrected chi connectivity index (χ0v) is 16.4. The largest absolute Gasteiger partial charge is 0.310 e. The third kappa shape index (κ3) is 4.33. The molecule has 9 heteroatoms. The van der Waals surface area contributed by atoms with Crippen LogP contribution in [0.1, 0.15) is 30.1 Å². The molecule has 0 atom stereocenters. The summed E-state index contributed by atoms with van der Waals surface area (Å²) in [5.74, 6) is 2.35. The van der Waals surface area contributed by atoms with Gasteiger partial charge in [-0.2, -0.15) is 5.10 Å². The highest BCUT2D eigenvalue weighted by atomic mass is 35.5. The van der Waals surface area contributed by atoms with Gasteiger partial charge in [0.15, 0.2) is 5.16 Å². The van der Waals surface area contributed by atoms with E-state index in [1.807, 2.05) is 35.9 Å². The lowest BCUT2D eigenvalue weighted by molar-refractivity contribution is -0.113. The molecule has 1 aliphatic carbocycles.